The highest BCUT2D eigenvalue weighted by atomic mass is 15.1. The highest BCUT2D eigenvalue weighted by molar-refractivity contribution is 5.27. The zero-order valence-corrected chi connectivity index (χ0v) is 12.1. The van der Waals surface area contributed by atoms with E-state index in [0.717, 1.165) is 13.1 Å². The first kappa shape index (κ1) is 15.2. The minimum atomic E-state index is 0.0591. The Bertz CT molecular complexity index is 351. The average molecular weight is 249 g/mol. The summed E-state index contributed by atoms with van der Waals surface area (Å²) in [5.41, 5.74) is 14.3. The highest BCUT2D eigenvalue weighted by Crippen LogP contribution is 2.22. The van der Waals surface area contributed by atoms with Gasteiger partial charge >= 0.3 is 0 Å². The molecule has 0 aliphatic heterocycles. The standard InChI is InChI=1S/C15H27N3/c1-15(2,3)13-7-5-12(6-8-13)10-18(4)11-14(17)9-16/h5-8,14H,9-11,16-17H2,1-4H3. The van der Waals surface area contributed by atoms with Crippen LogP contribution in [0, 0.1) is 0 Å². The van der Waals surface area contributed by atoms with Crippen LogP contribution in [0.1, 0.15) is 31.9 Å². The number of hydrogen-bond acceptors (Lipinski definition) is 3. The number of benzene rings is 1. The summed E-state index contributed by atoms with van der Waals surface area (Å²) in [6, 6.07) is 8.89. The van der Waals surface area contributed by atoms with Crippen LogP contribution in [0.5, 0.6) is 0 Å². The molecule has 0 bridgehead atoms. The summed E-state index contributed by atoms with van der Waals surface area (Å²) in [5.74, 6) is 0. The van der Waals surface area contributed by atoms with E-state index in [0.29, 0.717) is 6.54 Å². The molecule has 0 heterocycles. The van der Waals surface area contributed by atoms with Gasteiger partial charge in [-0.05, 0) is 23.6 Å². The van der Waals surface area contributed by atoms with Gasteiger partial charge in [0.25, 0.3) is 0 Å². The van der Waals surface area contributed by atoms with Crippen molar-refractivity contribution in [1.82, 2.24) is 4.90 Å². The van der Waals surface area contributed by atoms with Crippen LogP contribution in [0.3, 0.4) is 0 Å². The third-order valence-corrected chi connectivity index (χ3v) is 3.12. The minimum Gasteiger partial charge on any atom is -0.329 e. The fourth-order valence-corrected chi connectivity index (χ4v) is 1.96. The molecule has 1 rings (SSSR count). The average Bonchev–Trinajstić information content (AvgIpc) is 2.28. The summed E-state index contributed by atoms with van der Waals surface area (Å²) in [4.78, 5) is 2.21. The topological polar surface area (TPSA) is 55.3 Å². The quantitative estimate of drug-likeness (QED) is 0.835. The summed E-state index contributed by atoms with van der Waals surface area (Å²) < 4.78 is 0. The van der Waals surface area contributed by atoms with Gasteiger partial charge in [0.1, 0.15) is 0 Å². The maximum Gasteiger partial charge on any atom is 0.0292 e. The van der Waals surface area contributed by atoms with Gasteiger partial charge in [-0.25, -0.2) is 0 Å². The Kier molecular flexibility index (Phi) is 5.32. The van der Waals surface area contributed by atoms with Crippen molar-refractivity contribution >= 4 is 0 Å². The lowest BCUT2D eigenvalue weighted by atomic mass is 9.87. The van der Waals surface area contributed by atoms with E-state index in [-0.39, 0.29) is 11.5 Å². The summed E-state index contributed by atoms with van der Waals surface area (Å²) in [5, 5.41) is 0. The molecule has 4 N–H and O–H groups in total. The lowest BCUT2D eigenvalue weighted by molar-refractivity contribution is 0.305. The molecule has 3 heteroatoms. The molecule has 0 spiro atoms. The molecule has 0 aromatic heterocycles. The van der Waals surface area contributed by atoms with Gasteiger partial charge in [-0.15, -0.1) is 0 Å². The monoisotopic (exact) mass is 249 g/mol. The third-order valence-electron chi connectivity index (χ3n) is 3.12. The molecular formula is C15H27N3. The van der Waals surface area contributed by atoms with E-state index in [1.807, 2.05) is 0 Å². The zero-order chi connectivity index (χ0) is 13.8. The smallest absolute Gasteiger partial charge is 0.0292 e. The molecule has 0 aliphatic carbocycles. The fraction of sp³-hybridized carbons (Fsp3) is 0.600. The largest absolute Gasteiger partial charge is 0.329 e. The highest BCUT2D eigenvalue weighted by Gasteiger charge is 2.13. The molecule has 1 aromatic carbocycles. The van der Waals surface area contributed by atoms with E-state index in [1.54, 1.807) is 0 Å². The van der Waals surface area contributed by atoms with E-state index >= 15 is 0 Å². The van der Waals surface area contributed by atoms with Crippen molar-refractivity contribution in [2.24, 2.45) is 11.5 Å². The number of hydrogen-bond donors (Lipinski definition) is 2. The normalized spacial score (nSPS) is 13.9. The maximum atomic E-state index is 5.84. The Morgan fingerprint density at radius 3 is 2.17 bits per heavy atom. The zero-order valence-electron chi connectivity index (χ0n) is 12.1. The summed E-state index contributed by atoms with van der Waals surface area (Å²) in [6.45, 7) is 8.97. The van der Waals surface area contributed by atoms with Crippen molar-refractivity contribution in [2.75, 3.05) is 20.1 Å². The molecule has 1 atom stereocenters. The lowest BCUT2D eigenvalue weighted by Gasteiger charge is -2.22. The molecule has 0 radical (unpaired) electrons. The Hall–Kier alpha value is -0.900. The first-order chi connectivity index (χ1) is 8.32. The fourth-order valence-electron chi connectivity index (χ4n) is 1.96. The number of likely N-dealkylation sites (N-methyl/N-ethyl adjacent to an activating group) is 1. The Morgan fingerprint density at radius 2 is 1.72 bits per heavy atom. The molecule has 18 heavy (non-hydrogen) atoms. The predicted octanol–water partition coefficient (Wildman–Crippen LogP) is 1.70. The van der Waals surface area contributed by atoms with Gasteiger partial charge < -0.3 is 16.4 Å². The summed E-state index contributed by atoms with van der Waals surface area (Å²) in [7, 11) is 2.08. The predicted molar refractivity (Wildman–Crippen MR) is 78.5 cm³/mol. The van der Waals surface area contributed by atoms with Crippen LogP contribution < -0.4 is 11.5 Å². The van der Waals surface area contributed by atoms with Gasteiger partial charge in [-0.3, -0.25) is 0 Å². The van der Waals surface area contributed by atoms with E-state index in [9.17, 15) is 0 Å². The first-order valence-electron chi connectivity index (χ1n) is 6.56. The first-order valence-corrected chi connectivity index (χ1v) is 6.56. The van der Waals surface area contributed by atoms with Crippen LogP contribution in [0.2, 0.25) is 0 Å². The van der Waals surface area contributed by atoms with Crippen molar-refractivity contribution < 1.29 is 0 Å². The van der Waals surface area contributed by atoms with Crippen molar-refractivity contribution in [3.8, 4) is 0 Å². The number of rotatable bonds is 5. The van der Waals surface area contributed by atoms with Gasteiger partial charge in [0.15, 0.2) is 0 Å². The maximum absolute atomic E-state index is 5.84. The Labute approximate surface area is 111 Å². The van der Waals surface area contributed by atoms with Crippen LogP contribution in [0.15, 0.2) is 24.3 Å². The van der Waals surface area contributed by atoms with E-state index in [1.165, 1.54) is 11.1 Å². The van der Waals surface area contributed by atoms with Gasteiger partial charge in [0.05, 0.1) is 0 Å². The number of nitrogens with zero attached hydrogens (tertiary/aromatic N) is 1. The van der Waals surface area contributed by atoms with Gasteiger partial charge in [0, 0.05) is 25.7 Å². The van der Waals surface area contributed by atoms with Gasteiger partial charge in [-0.2, -0.15) is 0 Å². The van der Waals surface area contributed by atoms with Crippen molar-refractivity contribution in [3.05, 3.63) is 35.4 Å². The molecule has 0 saturated carbocycles. The van der Waals surface area contributed by atoms with Crippen LogP contribution >= 0.6 is 0 Å². The van der Waals surface area contributed by atoms with E-state index in [4.69, 9.17) is 11.5 Å². The molecule has 0 saturated heterocycles. The van der Waals surface area contributed by atoms with Gasteiger partial charge in [0.2, 0.25) is 0 Å². The molecule has 1 aromatic rings. The Morgan fingerprint density at radius 1 is 1.17 bits per heavy atom. The second-order valence-corrected chi connectivity index (χ2v) is 6.14. The molecule has 0 aliphatic rings. The number of nitrogens with two attached hydrogens (primary N) is 2. The third kappa shape index (κ3) is 4.77. The van der Waals surface area contributed by atoms with Crippen LogP contribution in [-0.4, -0.2) is 31.1 Å². The van der Waals surface area contributed by atoms with Crippen molar-refractivity contribution in [1.29, 1.82) is 0 Å². The summed E-state index contributed by atoms with van der Waals surface area (Å²) in [6.07, 6.45) is 0. The molecular weight excluding hydrogens is 222 g/mol. The molecule has 0 amide bonds. The SMILES string of the molecule is CN(Cc1ccc(C(C)(C)C)cc1)CC(N)CN. The van der Waals surface area contributed by atoms with Crippen molar-refractivity contribution in [3.63, 3.8) is 0 Å². The molecule has 102 valence electrons. The second kappa shape index (κ2) is 6.32. The Balaban J connectivity index is 2.58. The van der Waals surface area contributed by atoms with Crippen LogP contribution in [0.4, 0.5) is 0 Å². The van der Waals surface area contributed by atoms with Gasteiger partial charge in [-0.1, -0.05) is 45.0 Å². The van der Waals surface area contributed by atoms with E-state index in [2.05, 4.69) is 57.0 Å². The van der Waals surface area contributed by atoms with Crippen LogP contribution in [0.25, 0.3) is 0 Å². The van der Waals surface area contributed by atoms with E-state index < -0.39 is 0 Å². The minimum absolute atomic E-state index is 0.0591. The second-order valence-electron chi connectivity index (χ2n) is 6.14. The summed E-state index contributed by atoms with van der Waals surface area (Å²) >= 11 is 0. The van der Waals surface area contributed by atoms with Crippen molar-refractivity contribution in [2.45, 2.75) is 38.8 Å². The molecule has 1 unspecified atom stereocenters. The lowest BCUT2D eigenvalue weighted by Crippen LogP contribution is -2.40. The van der Waals surface area contributed by atoms with Crippen LogP contribution in [-0.2, 0) is 12.0 Å². The molecule has 3 nitrogen and oxygen atoms in total. The molecule has 0 fully saturated rings.